The van der Waals surface area contributed by atoms with Crippen molar-refractivity contribution in [3.63, 3.8) is 0 Å². The number of morpholine rings is 1. The van der Waals surface area contributed by atoms with Crippen molar-refractivity contribution in [1.29, 1.82) is 5.41 Å². The van der Waals surface area contributed by atoms with E-state index in [1.54, 1.807) is 6.07 Å². The van der Waals surface area contributed by atoms with Crippen LogP contribution in [-0.4, -0.2) is 50.2 Å². The normalized spacial score (nSPS) is 15.3. The SMILES string of the molecule is Cl.N=C(N)c1ccc(OCCCN2CCOCC2)c(F)c1. The van der Waals surface area contributed by atoms with Crippen LogP contribution in [0.15, 0.2) is 18.2 Å². The van der Waals surface area contributed by atoms with E-state index in [4.69, 9.17) is 20.6 Å². The molecular formula is C14H21ClFN3O2. The number of halogens is 2. The highest BCUT2D eigenvalue weighted by Crippen LogP contribution is 2.18. The lowest BCUT2D eigenvalue weighted by Crippen LogP contribution is -2.37. The molecule has 0 radical (unpaired) electrons. The number of nitrogen functional groups attached to an aromatic ring is 1. The lowest BCUT2D eigenvalue weighted by atomic mass is 10.2. The molecule has 1 fully saturated rings. The molecule has 5 nitrogen and oxygen atoms in total. The van der Waals surface area contributed by atoms with E-state index in [0.717, 1.165) is 39.3 Å². The second kappa shape index (κ2) is 8.81. The van der Waals surface area contributed by atoms with Gasteiger partial charge in [0.1, 0.15) is 5.84 Å². The van der Waals surface area contributed by atoms with Crippen molar-refractivity contribution < 1.29 is 13.9 Å². The van der Waals surface area contributed by atoms with E-state index in [-0.39, 0.29) is 24.0 Å². The van der Waals surface area contributed by atoms with E-state index < -0.39 is 5.82 Å². The Morgan fingerprint density at radius 1 is 1.38 bits per heavy atom. The number of nitrogens with zero attached hydrogens (tertiary/aromatic N) is 1. The van der Waals surface area contributed by atoms with E-state index in [1.807, 2.05) is 0 Å². The van der Waals surface area contributed by atoms with E-state index in [1.165, 1.54) is 12.1 Å². The van der Waals surface area contributed by atoms with Gasteiger partial charge in [-0.05, 0) is 24.6 Å². The average Bonchev–Trinajstić information content (AvgIpc) is 2.46. The molecule has 0 atom stereocenters. The number of amidine groups is 1. The Morgan fingerprint density at radius 3 is 2.71 bits per heavy atom. The predicted molar refractivity (Wildman–Crippen MR) is 82.0 cm³/mol. The first-order valence-corrected chi connectivity index (χ1v) is 6.73. The van der Waals surface area contributed by atoms with Gasteiger partial charge in [-0.25, -0.2) is 4.39 Å². The minimum atomic E-state index is -0.482. The van der Waals surface area contributed by atoms with Gasteiger partial charge >= 0.3 is 0 Å². The standard InChI is InChI=1S/C14H20FN3O2.ClH/c15-12-10-11(14(16)17)2-3-13(12)20-7-1-4-18-5-8-19-9-6-18;/h2-3,10H,1,4-9H2,(H3,16,17);1H. The zero-order valence-corrected chi connectivity index (χ0v) is 12.6. The summed E-state index contributed by atoms with van der Waals surface area (Å²) < 4.78 is 24.4. The molecule has 118 valence electrons. The molecule has 0 bridgehead atoms. The zero-order chi connectivity index (χ0) is 14.4. The van der Waals surface area contributed by atoms with Crippen molar-refractivity contribution >= 4 is 18.2 Å². The average molecular weight is 318 g/mol. The lowest BCUT2D eigenvalue weighted by Gasteiger charge is -2.26. The molecule has 1 saturated heterocycles. The van der Waals surface area contributed by atoms with Gasteiger partial charge in [-0.3, -0.25) is 10.3 Å². The van der Waals surface area contributed by atoms with Gasteiger partial charge in [0.05, 0.1) is 19.8 Å². The first-order valence-electron chi connectivity index (χ1n) is 6.73. The van der Waals surface area contributed by atoms with Gasteiger partial charge in [0, 0.05) is 25.2 Å². The van der Waals surface area contributed by atoms with Crippen LogP contribution in [0.2, 0.25) is 0 Å². The highest BCUT2D eigenvalue weighted by molar-refractivity contribution is 5.95. The molecular weight excluding hydrogens is 297 g/mol. The molecule has 7 heteroatoms. The molecule has 2 rings (SSSR count). The predicted octanol–water partition coefficient (Wildman–Crippen LogP) is 1.63. The molecule has 0 aromatic heterocycles. The van der Waals surface area contributed by atoms with Gasteiger partial charge in [0.2, 0.25) is 0 Å². The number of rotatable bonds is 6. The largest absolute Gasteiger partial charge is 0.490 e. The molecule has 1 aromatic carbocycles. The summed E-state index contributed by atoms with van der Waals surface area (Å²) in [5.74, 6) is -0.427. The molecule has 0 saturated carbocycles. The molecule has 21 heavy (non-hydrogen) atoms. The van der Waals surface area contributed by atoms with Crippen LogP contribution in [0.1, 0.15) is 12.0 Å². The van der Waals surface area contributed by atoms with E-state index >= 15 is 0 Å². The van der Waals surface area contributed by atoms with Crippen LogP contribution in [-0.2, 0) is 4.74 Å². The smallest absolute Gasteiger partial charge is 0.165 e. The number of ether oxygens (including phenoxy) is 2. The summed E-state index contributed by atoms with van der Waals surface area (Å²) in [5.41, 5.74) is 5.66. The van der Waals surface area contributed by atoms with Gasteiger partial charge < -0.3 is 15.2 Å². The summed E-state index contributed by atoms with van der Waals surface area (Å²) in [4.78, 5) is 2.31. The van der Waals surface area contributed by atoms with Crippen LogP contribution >= 0.6 is 12.4 Å². The van der Waals surface area contributed by atoms with Crippen molar-refractivity contribution in [3.8, 4) is 5.75 Å². The third-order valence-corrected chi connectivity index (χ3v) is 3.22. The fourth-order valence-corrected chi connectivity index (χ4v) is 2.08. The van der Waals surface area contributed by atoms with Gasteiger partial charge in [0.15, 0.2) is 11.6 Å². The lowest BCUT2D eigenvalue weighted by molar-refractivity contribution is 0.0357. The van der Waals surface area contributed by atoms with Crippen LogP contribution in [0.4, 0.5) is 4.39 Å². The highest BCUT2D eigenvalue weighted by Gasteiger charge is 2.10. The molecule has 0 amide bonds. The van der Waals surface area contributed by atoms with E-state index in [0.29, 0.717) is 12.2 Å². The Labute approximate surface area is 130 Å². The molecule has 0 unspecified atom stereocenters. The van der Waals surface area contributed by atoms with Gasteiger partial charge in [-0.2, -0.15) is 0 Å². The topological polar surface area (TPSA) is 71.6 Å². The number of nitrogens with two attached hydrogens (primary N) is 1. The van der Waals surface area contributed by atoms with E-state index in [2.05, 4.69) is 4.90 Å². The minimum Gasteiger partial charge on any atom is -0.490 e. The Morgan fingerprint density at radius 2 is 2.10 bits per heavy atom. The van der Waals surface area contributed by atoms with Crippen molar-refractivity contribution in [2.45, 2.75) is 6.42 Å². The van der Waals surface area contributed by atoms with E-state index in [9.17, 15) is 4.39 Å². The summed E-state index contributed by atoms with van der Waals surface area (Å²) in [6.07, 6.45) is 0.841. The quantitative estimate of drug-likeness (QED) is 0.475. The minimum absolute atomic E-state index is 0. The van der Waals surface area contributed by atoms with Crippen molar-refractivity contribution in [2.24, 2.45) is 5.73 Å². The molecule has 1 aromatic rings. The van der Waals surface area contributed by atoms with Crippen LogP contribution < -0.4 is 10.5 Å². The Kier molecular flexibility index (Phi) is 7.42. The number of nitrogens with one attached hydrogen (secondary N) is 1. The maximum Gasteiger partial charge on any atom is 0.165 e. The Bertz CT molecular complexity index is 468. The zero-order valence-electron chi connectivity index (χ0n) is 11.8. The summed E-state index contributed by atoms with van der Waals surface area (Å²) in [6, 6.07) is 4.32. The molecule has 1 aliphatic heterocycles. The molecule has 1 heterocycles. The molecule has 0 spiro atoms. The summed E-state index contributed by atoms with van der Waals surface area (Å²) >= 11 is 0. The second-order valence-electron chi connectivity index (χ2n) is 4.71. The first kappa shape index (κ1) is 17.7. The van der Waals surface area contributed by atoms with Crippen LogP contribution in [0, 0.1) is 11.2 Å². The summed E-state index contributed by atoms with van der Waals surface area (Å²) in [6.45, 7) is 4.84. The second-order valence-corrected chi connectivity index (χ2v) is 4.71. The Balaban J connectivity index is 0.00000220. The maximum atomic E-state index is 13.7. The van der Waals surface area contributed by atoms with Gasteiger partial charge in [-0.15, -0.1) is 12.4 Å². The number of benzene rings is 1. The van der Waals surface area contributed by atoms with Crippen molar-refractivity contribution in [1.82, 2.24) is 4.90 Å². The third kappa shape index (κ3) is 5.49. The van der Waals surface area contributed by atoms with Crippen molar-refractivity contribution in [2.75, 3.05) is 39.5 Å². The molecule has 0 aliphatic carbocycles. The molecule has 1 aliphatic rings. The monoisotopic (exact) mass is 317 g/mol. The van der Waals surface area contributed by atoms with Gasteiger partial charge in [-0.1, -0.05) is 0 Å². The maximum absolute atomic E-state index is 13.7. The third-order valence-electron chi connectivity index (χ3n) is 3.22. The van der Waals surface area contributed by atoms with Crippen molar-refractivity contribution in [3.05, 3.63) is 29.6 Å². The van der Waals surface area contributed by atoms with Crippen LogP contribution in [0.25, 0.3) is 0 Å². The van der Waals surface area contributed by atoms with Crippen LogP contribution in [0.5, 0.6) is 5.75 Å². The van der Waals surface area contributed by atoms with Gasteiger partial charge in [0.25, 0.3) is 0 Å². The van der Waals surface area contributed by atoms with Crippen LogP contribution in [0.3, 0.4) is 0 Å². The first-order chi connectivity index (χ1) is 9.66. The summed E-state index contributed by atoms with van der Waals surface area (Å²) in [7, 11) is 0. The highest BCUT2D eigenvalue weighted by atomic mass is 35.5. The Hall–Kier alpha value is -1.37. The fraction of sp³-hybridized carbons (Fsp3) is 0.500. The number of hydrogen-bond donors (Lipinski definition) is 2. The summed E-state index contributed by atoms with van der Waals surface area (Å²) in [5, 5.41) is 7.24. The molecule has 3 N–H and O–H groups in total. The fourth-order valence-electron chi connectivity index (χ4n) is 2.08. The number of hydrogen-bond acceptors (Lipinski definition) is 4.